The third kappa shape index (κ3) is 4.45. The predicted molar refractivity (Wildman–Crippen MR) is 90.9 cm³/mol. The molecule has 1 atom stereocenters. The molecule has 2 rings (SSSR count). The van der Waals surface area contributed by atoms with Gasteiger partial charge in [0.15, 0.2) is 10.4 Å². The van der Waals surface area contributed by atoms with Gasteiger partial charge in [-0.15, -0.1) is 10.2 Å². The normalized spacial score (nSPS) is 12.0. The van der Waals surface area contributed by atoms with Gasteiger partial charge in [0.2, 0.25) is 5.13 Å². The topological polar surface area (TPSA) is 64.1 Å². The van der Waals surface area contributed by atoms with Gasteiger partial charge in [-0.05, 0) is 38.2 Å². The Labute approximate surface area is 138 Å². The van der Waals surface area contributed by atoms with Crippen LogP contribution < -0.4 is 10.1 Å². The lowest BCUT2D eigenvalue weighted by Crippen LogP contribution is -2.30. The van der Waals surface area contributed by atoms with Gasteiger partial charge in [-0.3, -0.25) is 10.1 Å². The fourth-order valence-electron chi connectivity index (χ4n) is 1.82. The van der Waals surface area contributed by atoms with Gasteiger partial charge < -0.3 is 4.74 Å². The maximum Gasteiger partial charge on any atom is 0.266 e. The van der Waals surface area contributed by atoms with Gasteiger partial charge in [0.05, 0.1) is 0 Å². The van der Waals surface area contributed by atoms with Crippen LogP contribution in [-0.2, 0) is 4.79 Å². The lowest BCUT2D eigenvalue weighted by atomic mass is 10.1. The molecule has 5 nitrogen and oxygen atoms in total. The van der Waals surface area contributed by atoms with E-state index >= 15 is 0 Å². The van der Waals surface area contributed by atoms with Crippen molar-refractivity contribution in [3.05, 3.63) is 29.3 Å². The number of anilines is 1. The minimum absolute atomic E-state index is 0.232. The summed E-state index contributed by atoms with van der Waals surface area (Å²) < 4.78 is 6.58. The number of carbonyl (C=O) groups is 1. The van der Waals surface area contributed by atoms with Crippen LogP contribution in [0.2, 0.25) is 0 Å². The minimum atomic E-state index is -0.604. The number of hydrogen-bond donors (Lipinski definition) is 1. The number of rotatable bonds is 6. The van der Waals surface area contributed by atoms with Gasteiger partial charge >= 0.3 is 0 Å². The summed E-state index contributed by atoms with van der Waals surface area (Å²) in [4.78, 5) is 12.2. The van der Waals surface area contributed by atoms with Gasteiger partial charge in [0.1, 0.15) is 5.75 Å². The highest BCUT2D eigenvalue weighted by molar-refractivity contribution is 8.01. The number of ether oxygens (including phenoxy) is 1. The molecule has 0 saturated heterocycles. The molecule has 7 heteroatoms. The molecule has 0 aliphatic carbocycles. The zero-order valence-electron chi connectivity index (χ0n) is 13.0. The lowest BCUT2D eigenvalue weighted by molar-refractivity contribution is -0.122. The predicted octanol–water partition coefficient (Wildman–Crippen LogP) is 3.67. The third-order valence-electron chi connectivity index (χ3n) is 2.91. The summed E-state index contributed by atoms with van der Waals surface area (Å²) >= 11 is 2.97. The van der Waals surface area contributed by atoms with E-state index in [1.807, 2.05) is 39.0 Å². The Bertz CT molecular complexity index is 658. The number of nitrogens with zero attached hydrogens (tertiary/aromatic N) is 2. The van der Waals surface area contributed by atoms with Crippen molar-refractivity contribution in [1.82, 2.24) is 10.2 Å². The van der Waals surface area contributed by atoms with E-state index in [4.69, 9.17) is 4.74 Å². The van der Waals surface area contributed by atoms with E-state index in [0.717, 1.165) is 21.2 Å². The van der Waals surface area contributed by atoms with Gasteiger partial charge in [0, 0.05) is 0 Å². The van der Waals surface area contributed by atoms with Crippen LogP contribution in [-0.4, -0.2) is 28.0 Å². The first-order valence-electron chi connectivity index (χ1n) is 7.00. The third-order valence-corrected chi connectivity index (χ3v) is 4.76. The first-order chi connectivity index (χ1) is 10.5. The molecule has 0 radical (unpaired) electrons. The molecular weight excluding hydrogens is 318 g/mol. The summed E-state index contributed by atoms with van der Waals surface area (Å²) in [5.74, 6) is 1.41. The van der Waals surface area contributed by atoms with E-state index < -0.39 is 6.10 Å². The average molecular weight is 337 g/mol. The second-order valence-corrected chi connectivity index (χ2v) is 7.31. The van der Waals surface area contributed by atoms with Crippen LogP contribution in [0.5, 0.6) is 5.75 Å². The van der Waals surface area contributed by atoms with Crippen LogP contribution in [0.3, 0.4) is 0 Å². The van der Waals surface area contributed by atoms with Crippen molar-refractivity contribution in [3.63, 3.8) is 0 Å². The minimum Gasteiger partial charge on any atom is -0.481 e. The van der Waals surface area contributed by atoms with Gasteiger partial charge in [-0.2, -0.15) is 0 Å². The van der Waals surface area contributed by atoms with E-state index in [9.17, 15) is 4.79 Å². The Kier molecular flexibility index (Phi) is 5.79. The number of amides is 1. The largest absolute Gasteiger partial charge is 0.481 e. The number of hydrogen-bond acceptors (Lipinski definition) is 6. The molecule has 0 bridgehead atoms. The van der Waals surface area contributed by atoms with Crippen molar-refractivity contribution in [3.8, 4) is 5.75 Å². The second kappa shape index (κ2) is 7.60. The number of thioether (sulfide) groups is 1. The Morgan fingerprint density at radius 3 is 2.86 bits per heavy atom. The number of aryl methyl sites for hydroxylation is 2. The van der Waals surface area contributed by atoms with Crippen LogP contribution in [0.15, 0.2) is 22.5 Å². The van der Waals surface area contributed by atoms with Crippen molar-refractivity contribution in [2.75, 3.05) is 11.1 Å². The molecule has 1 N–H and O–H groups in total. The van der Waals surface area contributed by atoms with Crippen molar-refractivity contribution in [2.45, 2.75) is 38.1 Å². The quantitative estimate of drug-likeness (QED) is 0.643. The molecule has 0 aliphatic heterocycles. The maximum absolute atomic E-state index is 12.2. The standard InChI is InChI=1S/C15H19N3O2S2/c1-5-21-15-18-17-14(22-15)16-13(19)11(4)20-12-7-6-9(2)8-10(12)3/h6-8,11H,5H2,1-4H3,(H,16,17,19)/t11-/m0/s1. The molecule has 2 aromatic rings. The molecule has 0 fully saturated rings. The van der Waals surface area contributed by atoms with Crippen LogP contribution in [0.25, 0.3) is 0 Å². The number of aromatic nitrogens is 2. The fraction of sp³-hybridized carbons (Fsp3) is 0.400. The summed E-state index contributed by atoms with van der Waals surface area (Å²) in [6.07, 6.45) is -0.604. The molecule has 1 aromatic carbocycles. The van der Waals surface area contributed by atoms with E-state index in [1.165, 1.54) is 11.3 Å². The summed E-state index contributed by atoms with van der Waals surface area (Å²) in [6, 6.07) is 5.88. The Morgan fingerprint density at radius 1 is 1.41 bits per heavy atom. The van der Waals surface area contributed by atoms with Crippen molar-refractivity contribution in [1.29, 1.82) is 0 Å². The fourth-order valence-corrected chi connectivity index (χ4v) is 3.48. The Balaban J connectivity index is 1.96. The Morgan fingerprint density at radius 2 is 2.18 bits per heavy atom. The van der Waals surface area contributed by atoms with Crippen molar-refractivity contribution >= 4 is 34.1 Å². The SMILES string of the molecule is CCSc1nnc(NC(=O)[C@H](C)Oc2ccc(C)cc2C)s1. The van der Waals surface area contributed by atoms with E-state index in [0.29, 0.717) is 10.9 Å². The highest BCUT2D eigenvalue weighted by Gasteiger charge is 2.17. The maximum atomic E-state index is 12.2. The molecule has 1 aromatic heterocycles. The molecule has 0 saturated carbocycles. The molecule has 0 aliphatic rings. The van der Waals surface area contributed by atoms with E-state index in [2.05, 4.69) is 15.5 Å². The van der Waals surface area contributed by atoms with E-state index in [1.54, 1.807) is 18.7 Å². The van der Waals surface area contributed by atoms with Crippen LogP contribution in [0, 0.1) is 13.8 Å². The first-order valence-corrected chi connectivity index (χ1v) is 8.81. The zero-order valence-corrected chi connectivity index (χ0v) is 14.7. The summed E-state index contributed by atoms with van der Waals surface area (Å²) in [5, 5.41) is 11.2. The molecule has 0 unspecified atom stereocenters. The van der Waals surface area contributed by atoms with Crippen LogP contribution in [0.1, 0.15) is 25.0 Å². The zero-order chi connectivity index (χ0) is 16.1. The number of carbonyl (C=O) groups excluding carboxylic acids is 1. The second-order valence-electron chi connectivity index (χ2n) is 4.82. The Hall–Kier alpha value is -1.60. The van der Waals surface area contributed by atoms with Crippen molar-refractivity contribution < 1.29 is 9.53 Å². The molecule has 1 heterocycles. The molecule has 0 spiro atoms. The van der Waals surface area contributed by atoms with Gasteiger partial charge in [-0.1, -0.05) is 47.7 Å². The smallest absolute Gasteiger partial charge is 0.266 e. The highest BCUT2D eigenvalue weighted by Crippen LogP contribution is 2.25. The average Bonchev–Trinajstić information content (AvgIpc) is 2.89. The van der Waals surface area contributed by atoms with Gasteiger partial charge in [-0.25, -0.2) is 0 Å². The van der Waals surface area contributed by atoms with Gasteiger partial charge in [0.25, 0.3) is 5.91 Å². The first kappa shape index (κ1) is 16.8. The highest BCUT2D eigenvalue weighted by atomic mass is 32.2. The summed E-state index contributed by atoms with van der Waals surface area (Å²) in [6.45, 7) is 7.75. The lowest BCUT2D eigenvalue weighted by Gasteiger charge is -2.15. The molecular formula is C15H19N3O2S2. The number of benzene rings is 1. The molecule has 118 valence electrons. The van der Waals surface area contributed by atoms with Crippen LogP contribution in [0.4, 0.5) is 5.13 Å². The number of nitrogens with one attached hydrogen (secondary N) is 1. The summed E-state index contributed by atoms with van der Waals surface area (Å²) in [5.41, 5.74) is 2.17. The molecule has 1 amide bonds. The monoisotopic (exact) mass is 337 g/mol. The molecule has 22 heavy (non-hydrogen) atoms. The van der Waals surface area contributed by atoms with Crippen molar-refractivity contribution in [2.24, 2.45) is 0 Å². The van der Waals surface area contributed by atoms with E-state index in [-0.39, 0.29) is 5.91 Å². The van der Waals surface area contributed by atoms with Crippen LogP contribution >= 0.6 is 23.1 Å². The summed E-state index contributed by atoms with van der Waals surface area (Å²) in [7, 11) is 0.